The summed E-state index contributed by atoms with van der Waals surface area (Å²) in [5.74, 6) is 0. The van der Waals surface area contributed by atoms with Crippen molar-refractivity contribution in [1.29, 1.82) is 0 Å². The first-order valence-electron chi connectivity index (χ1n) is 6.51. The van der Waals surface area contributed by atoms with Crippen molar-refractivity contribution in [2.24, 2.45) is 0 Å². The Morgan fingerprint density at radius 3 is 2.50 bits per heavy atom. The van der Waals surface area contributed by atoms with Crippen LogP contribution in [-0.2, 0) is 13.2 Å². The Balaban J connectivity index is 2.22. The minimum atomic E-state index is -0.0590. The fourth-order valence-electron chi connectivity index (χ4n) is 2.35. The lowest BCUT2D eigenvalue weighted by atomic mass is 10.0. The summed E-state index contributed by atoms with van der Waals surface area (Å²) in [4.78, 5) is 4.65. The minimum absolute atomic E-state index is 0.00409. The summed E-state index contributed by atoms with van der Waals surface area (Å²) in [6, 6.07) is 17.4. The second kappa shape index (κ2) is 5.41. The van der Waals surface area contributed by atoms with E-state index in [1.54, 1.807) is 0 Å². The molecule has 0 radical (unpaired) electrons. The zero-order valence-corrected chi connectivity index (χ0v) is 11.0. The summed E-state index contributed by atoms with van der Waals surface area (Å²) in [5, 5.41) is 19.8. The molecular weight excluding hydrogens is 250 g/mol. The zero-order chi connectivity index (χ0) is 13.9. The number of fused-ring (bicyclic) bond motifs is 1. The average molecular weight is 265 g/mol. The summed E-state index contributed by atoms with van der Waals surface area (Å²) in [6.45, 7) is -0.0631. The molecule has 0 amide bonds. The van der Waals surface area contributed by atoms with Crippen molar-refractivity contribution >= 4 is 10.9 Å². The molecule has 0 bridgehead atoms. The molecule has 2 aromatic carbocycles. The van der Waals surface area contributed by atoms with Gasteiger partial charge in [0.15, 0.2) is 0 Å². The van der Waals surface area contributed by atoms with Gasteiger partial charge in [-0.3, -0.25) is 0 Å². The Morgan fingerprint density at radius 2 is 1.70 bits per heavy atom. The van der Waals surface area contributed by atoms with Crippen molar-refractivity contribution in [3.8, 4) is 11.3 Å². The molecule has 1 aromatic heterocycles. The molecule has 3 rings (SSSR count). The van der Waals surface area contributed by atoms with Gasteiger partial charge in [-0.25, -0.2) is 4.98 Å². The van der Waals surface area contributed by atoms with E-state index in [0.29, 0.717) is 0 Å². The fraction of sp³-hybridized carbons (Fsp3) is 0.118. The molecule has 3 heteroatoms. The van der Waals surface area contributed by atoms with Gasteiger partial charge in [-0.2, -0.15) is 0 Å². The van der Waals surface area contributed by atoms with Gasteiger partial charge < -0.3 is 10.2 Å². The van der Waals surface area contributed by atoms with Crippen LogP contribution in [0.3, 0.4) is 0 Å². The van der Waals surface area contributed by atoms with E-state index in [-0.39, 0.29) is 13.2 Å². The lowest BCUT2D eigenvalue weighted by Gasteiger charge is -2.10. The lowest BCUT2D eigenvalue weighted by molar-refractivity contribution is 0.281. The highest BCUT2D eigenvalue weighted by Gasteiger charge is 2.09. The van der Waals surface area contributed by atoms with Crippen LogP contribution in [0.4, 0.5) is 0 Å². The number of benzene rings is 2. The molecule has 3 aromatic rings. The van der Waals surface area contributed by atoms with Crippen molar-refractivity contribution in [2.45, 2.75) is 13.2 Å². The normalized spacial score (nSPS) is 10.9. The monoisotopic (exact) mass is 265 g/mol. The van der Waals surface area contributed by atoms with E-state index < -0.39 is 0 Å². The summed E-state index contributed by atoms with van der Waals surface area (Å²) >= 11 is 0. The molecule has 0 aliphatic carbocycles. The molecule has 1 heterocycles. The SMILES string of the molecule is OCc1cccc(-c2nc3ccccc3cc2CO)c1. The van der Waals surface area contributed by atoms with E-state index in [4.69, 9.17) is 0 Å². The van der Waals surface area contributed by atoms with Gasteiger partial charge in [0.05, 0.1) is 24.4 Å². The van der Waals surface area contributed by atoms with Gasteiger partial charge in [-0.05, 0) is 23.8 Å². The number of nitrogens with zero attached hydrogens (tertiary/aromatic N) is 1. The van der Waals surface area contributed by atoms with Crippen molar-refractivity contribution < 1.29 is 10.2 Å². The predicted molar refractivity (Wildman–Crippen MR) is 79.0 cm³/mol. The molecule has 0 fully saturated rings. The highest BCUT2D eigenvalue weighted by Crippen LogP contribution is 2.26. The Hall–Kier alpha value is -2.23. The standard InChI is InChI=1S/C17H15NO2/c19-10-12-4-3-6-14(8-12)17-15(11-20)9-13-5-1-2-7-16(13)18-17/h1-9,19-20H,10-11H2. The zero-order valence-electron chi connectivity index (χ0n) is 11.0. The van der Waals surface area contributed by atoms with Crippen molar-refractivity contribution in [3.63, 3.8) is 0 Å². The van der Waals surface area contributed by atoms with Gasteiger partial charge in [-0.15, -0.1) is 0 Å². The number of pyridine rings is 1. The first-order valence-corrected chi connectivity index (χ1v) is 6.51. The molecule has 0 atom stereocenters. The minimum Gasteiger partial charge on any atom is -0.392 e. The van der Waals surface area contributed by atoms with E-state index in [1.165, 1.54) is 0 Å². The topological polar surface area (TPSA) is 53.4 Å². The molecule has 0 spiro atoms. The van der Waals surface area contributed by atoms with Gasteiger partial charge in [0.2, 0.25) is 0 Å². The molecular formula is C17H15NO2. The third kappa shape index (κ3) is 2.29. The van der Waals surface area contributed by atoms with Crippen LogP contribution < -0.4 is 0 Å². The third-order valence-corrected chi connectivity index (χ3v) is 3.36. The van der Waals surface area contributed by atoms with E-state index in [2.05, 4.69) is 4.98 Å². The molecule has 100 valence electrons. The lowest BCUT2D eigenvalue weighted by Crippen LogP contribution is -1.95. The van der Waals surface area contributed by atoms with Crippen LogP contribution in [0.2, 0.25) is 0 Å². The summed E-state index contributed by atoms with van der Waals surface area (Å²) in [6.07, 6.45) is 0. The van der Waals surface area contributed by atoms with Crippen LogP contribution in [0, 0.1) is 0 Å². The molecule has 0 saturated heterocycles. The second-order valence-corrected chi connectivity index (χ2v) is 4.71. The first kappa shape index (κ1) is 12.8. The maximum atomic E-state index is 9.58. The van der Waals surface area contributed by atoms with Crippen LogP contribution in [0.25, 0.3) is 22.2 Å². The van der Waals surface area contributed by atoms with E-state index >= 15 is 0 Å². The number of rotatable bonds is 3. The molecule has 0 aliphatic rings. The quantitative estimate of drug-likeness (QED) is 0.765. The maximum Gasteiger partial charge on any atom is 0.0764 e. The largest absolute Gasteiger partial charge is 0.392 e. The van der Waals surface area contributed by atoms with Crippen LogP contribution in [0.5, 0.6) is 0 Å². The van der Waals surface area contributed by atoms with Crippen molar-refractivity contribution in [2.75, 3.05) is 0 Å². The van der Waals surface area contributed by atoms with E-state index in [0.717, 1.165) is 33.3 Å². The first-order chi connectivity index (χ1) is 9.81. The Bertz CT molecular complexity index is 753. The maximum absolute atomic E-state index is 9.58. The smallest absolute Gasteiger partial charge is 0.0764 e. The van der Waals surface area contributed by atoms with Gasteiger partial charge in [0, 0.05) is 16.5 Å². The van der Waals surface area contributed by atoms with Crippen molar-refractivity contribution in [1.82, 2.24) is 4.98 Å². The molecule has 2 N–H and O–H groups in total. The molecule has 0 aliphatic heterocycles. The fourth-order valence-corrected chi connectivity index (χ4v) is 2.35. The predicted octanol–water partition coefficient (Wildman–Crippen LogP) is 2.89. The molecule has 20 heavy (non-hydrogen) atoms. The highest BCUT2D eigenvalue weighted by molar-refractivity contribution is 5.83. The average Bonchev–Trinajstić information content (AvgIpc) is 2.53. The van der Waals surface area contributed by atoms with Crippen LogP contribution in [0.15, 0.2) is 54.6 Å². The second-order valence-electron chi connectivity index (χ2n) is 4.71. The number of hydrogen-bond acceptors (Lipinski definition) is 3. The number of aliphatic hydroxyl groups excluding tert-OH is 2. The number of hydrogen-bond donors (Lipinski definition) is 2. The third-order valence-electron chi connectivity index (χ3n) is 3.36. The van der Waals surface area contributed by atoms with Crippen LogP contribution in [0.1, 0.15) is 11.1 Å². The Morgan fingerprint density at radius 1 is 0.850 bits per heavy atom. The molecule has 0 unspecified atom stereocenters. The number of aromatic nitrogens is 1. The Labute approximate surface area is 117 Å². The summed E-state index contributed by atoms with van der Waals surface area (Å²) in [5.41, 5.74) is 4.20. The van der Waals surface area contributed by atoms with E-state index in [9.17, 15) is 10.2 Å². The number of para-hydroxylation sites is 1. The molecule has 0 saturated carbocycles. The molecule has 3 nitrogen and oxygen atoms in total. The number of aliphatic hydroxyl groups is 2. The summed E-state index contributed by atoms with van der Waals surface area (Å²) in [7, 11) is 0. The Kier molecular flexibility index (Phi) is 3.46. The van der Waals surface area contributed by atoms with Crippen molar-refractivity contribution in [3.05, 3.63) is 65.7 Å². The highest BCUT2D eigenvalue weighted by atomic mass is 16.3. The van der Waals surface area contributed by atoms with E-state index in [1.807, 2.05) is 54.6 Å². The van der Waals surface area contributed by atoms with Gasteiger partial charge in [-0.1, -0.05) is 36.4 Å². The van der Waals surface area contributed by atoms with Gasteiger partial charge in [0.1, 0.15) is 0 Å². The van der Waals surface area contributed by atoms with Gasteiger partial charge in [0.25, 0.3) is 0 Å². The van der Waals surface area contributed by atoms with Gasteiger partial charge >= 0.3 is 0 Å². The van der Waals surface area contributed by atoms with Crippen LogP contribution >= 0.6 is 0 Å². The summed E-state index contributed by atoms with van der Waals surface area (Å²) < 4.78 is 0. The van der Waals surface area contributed by atoms with Crippen LogP contribution in [-0.4, -0.2) is 15.2 Å².